The van der Waals surface area contributed by atoms with Crippen molar-refractivity contribution in [2.45, 2.75) is 25.8 Å². The summed E-state index contributed by atoms with van der Waals surface area (Å²) in [7, 11) is 0. The van der Waals surface area contributed by atoms with Crippen molar-refractivity contribution in [3.05, 3.63) is 12.0 Å². The monoisotopic (exact) mass is 248 g/mol. The van der Waals surface area contributed by atoms with Gasteiger partial charge in [0, 0.05) is 0 Å². The normalized spacial score (nSPS) is 16.7. The SMILES string of the molecule is Cc1noc2ncnc(NC(C(=O)O)C3CC3)c12. The lowest BCUT2D eigenvalue weighted by molar-refractivity contribution is -0.138. The van der Waals surface area contributed by atoms with Crippen LogP contribution >= 0.6 is 0 Å². The van der Waals surface area contributed by atoms with Crippen molar-refractivity contribution in [3.8, 4) is 0 Å². The Bertz CT molecular complexity index is 605. The Morgan fingerprint density at radius 2 is 2.33 bits per heavy atom. The molecule has 1 atom stereocenters. The van der Waals surface area contributed by atoms with Gasteiger partial charge in [-0.15, -0.1) is 0 Å². The maximum Gasteiger partial charge on any atom is 0.326 e. The molecule has 0 spiro atoms. The van der Waals surface area contributed by atoms with E-state index in [0.717, 1.165) is 12.8 Å². The van der Waals surface area contributed by atoms with E-state index in [1.165, 1.54) is 6.33 Å². The predicted octanol–water partition coefficient (Wildman–Crippen LogP) is 1.20. The van der Waals surface area contributed by atoms with E-state index in [1.54, 1.807) is 6.92 Å². The third-order valence-electron chi connectivity index (χ3n) is 3.10. The zero-order chi connectivity index (χ0) is 12.7. The van der Waals surface area contributed by atoms with Gasteiger partial charge in [-0.25, -0.2) is 9.78 Å². The number of hydrogen-bond acceptors (Lipinski definition) is 6. The molecule has 1 aliphatic rings. The van der Waals surface area contributed by atoms with Gasteiger partial charge in [0.05, 0.1) is 5.69 Å². The van der Waals surface area contributed by atoms with Crippen molar-refractivity contribution >= 4 is 22.9 Å². The second kappa shape index (κ2) is 3.94. The van der Waals surface area contributed by atoms with E-state index in [9.17, 15) is 9.90 Å². The molecular formula is C11H12N4O3. The second-order valence-corrected chi connectivity index (χ2v) is 4.47. The Balaban J connectivity index is 1.98. The molecule has 0 aromatic carbocycles. The third kappa shape index (κ3) is 1.77. The number of fused-ring (bicyclic) bond motifs is 1. The van der Waals surface area contributed by atoms with E-state index < -0.39 is 12.0 Å². The van der Waals surface area contributed by atoms with Crippen LogP contribution < -0.4 is 5.32 Å². The number of aliphatic carboxylic acids is 1. The van der Waals surface area contributed by atoms with Crippen molar-refractivity contribution < 1.29 is 14.4 Å². The molecule has 0 radical (unpaired) electrons. The second-order valence-electron chi connectivity index (χ2n) is 4.47. The summed E-state index contributed by atoms with van der Waals surface area (Å²) in [6.07, 6.45) is 3.20. The number of nitrogens with one attached hydrogen (secondary N) is 1. The molecule has 1 unspecified atom stereocenters. The molecular weight excluding hydrogens is 236 g/mol. The minimum Gasteiger partial charge on any atom is -0.480 e. The molecule has 1 aliphatic carbocycles. The smallest absolute Gasteiger partial charge is 0.326 e. The number of carboxylic acids is 1. The predicted molar refractivity (Wildman–Crippen MR) is 62.1 cm³/mol. The van der Waals surface area contributed by atoms with Crippen LogP contribution in [-0.4, -0.2) is 32.2 Å². The summed E-state index contributed by atoms with van der Waals surface area (Å²) in [5, 5.41) is 16.6. The zero-order valence-corrected chi connectivity index (χ0v) is 9.75. The molecule has 0 saturated heterocycles. The van der Waals surface area contributed by atoms with Gasteiger partial charge in [-0.05, 0) is 25.7 Å². The molecule has 2 aromatic heterocycles. The Kier molecular flexibility index (Phi) is 2.39. The number of carbonyl (C=O) groups is 1. The Morgan fingerprint density at radius 1 is 1.56 bits per heavy atom. The van der Waals surface area contributed by atoms with Crippen LogP contribution in [0.2, 0.25) is 0 Å². The highest BCUT2D eigenvalue weighted by atomic mass is 16.5. The first-order valence-electron chi connectivity index (χ1n) is 5.73. The van der Waals surface area contributed by atoms with E-state index in [0.29, 0.717) is 22.6 Å². The van der Waals surface area contributed by atoms with E-state index in [4.69, 9.17) is 4.52 Å². The van der Waals surface area contributed by atoms with Gasteiger partial charge in [-0.3, -0.25) is 0 Å². The van der Waals surface area contributed by atoms with Crippen LogP contribution in [0.3, 0.4) is 0 Å². The summed E-state index contributed by atoms with van der Waals surface area (Å²) < 4.78 is 5.02. The molecule has 2 N–H and O–H groups in total. The van der Waals surface area contributed by atoms with Crippen molar-refractivity contribution in [2.75, 3.05) is 5.32 Å². The average Bonchev–Trinajstić information content (AvgIpc) is 3.11. The number of hydrogen-bond donors (Lipinski definition) is 2. The molecule has 3 rings (SSSR count). The fourth-order valence-electron chi connectivity index (χ4n) is 1.99. The zero-order valence-electron chi connectivity index (χ0n) is 9.75. The Hall–Kier alpha value is -2.18. The van der Waals surface area contributed by atoms with Crippen LogP contribution in [0.5, 0.6) is 0 Å². The van der Waals surface area contributed by atoms with Gasteiger partial charge in [0.25, 0.3) is 5.71 Å². The van der Waals surface area contributed by atoms with Crippen LogP contribution in [0, 0.1) is 12.8 Å². The van der Waals surface area contributed by atoms with Crippen LogP contribution in [0.4, 0.5) is 5.82 Å². The van der Waals surface area contributed by atoms with Crippen molar-refractivity contribution in [2.24, 2.45) is 5.92 Å². The average molecular weight is 248 g/mol. The van der Waals surface area contributed by atoms with E-state index in [1.807, 2.05) is 0 Å². The van der Waals surface area contributed by atoms with Crippen molar-refractivity contribution in [1.29, 1.82) is 0 Å². The van der Waals surface area contributed by atoms with Crippen LogP contribution in [-0.2, 0) is 4.79 Å². The minimum absolute atomic E-state index is 0.174. The molecule has 0 amide bonds. The molecule has 1 fully saturated rings. The fraction of sp³-hybridized carbons (Fsp3) is 0.455. The maximum atomic E-state index is 11.2. The lowest BCUT2D eigenvalue weighted by Crippen LogP contribution is -2.31. The molecule has 7 heteroatoms. The molecule has 18 heavy (non-hydrogen) atoms. The fourth-order valence-corrected chi connectivity index (χ4v) is 1.99. The van der Waals surface area contributed by atoms with Crippen LogP contribution in [0.25, 0.3) is 11.1 Å². The summed E-state index contributed by atoms with van der Waals surface area (Å²) in [5.74, 6) is -0.218. The van der Waals surface area contributed by atoms with Gasteiger partial charge in [0.2, 0.25) is 0 Å². The van der Waals surface area contributed by atoms with Crippen LogP contribution in [0.1, 0.15) is 18.5 Å². The quantitative estimate of drug-likeness (QED) is 0.838. The molecule has 2 aromatic rings. The Morgan fingerprint density at radius 3 is 3.00 bits per heavy atom. The summed E-state index contributed by atoms with van der Waals surface area (Å²) in [6, 6.07) is -0.614. The summed E-state index contributed by atoms with van der Waals surface area (Å²) in [5.41, 5.74) is 1.01. The van der Waals surface area contributed by atoms with Gasteiger partial charge in [-0.1, -0.05) is 5.16 Å². The van der Waals surface area contributed by atoms with Gasteiger partial charge < -0.3 is 14.9 Å². The lowest BCUT2D eigenvalue weighted by Gasteiger charge is -2.14. The first kappa shape index (κ1) is 10.9. The topological polar surface area (TPSA) is 101 Å². The van der Waals surface area contributed by atoms with E-state index in [2.05, 4.69) is 20.4 Å². The van der Waals surface area contributed by atoms with E-state index >= 15 is 0 Å². The molecule has 94 valence electrons. The molecule has 2 heterocycles. The maximum absolute atomic E-state index is 11.2. The van der Waals surface area contributed by atoms with Gasteiger partial charge in [-0.2, -0.15) is 4.98 Å². The molecule has 1 saturated carbocycles. The summed E-state index contributed by atoms with van der Waals surface area (Å²) in [6.45, 7) is 1.77. The highest BCUT2D eigenvalue weighted by molar-refractivity contribution is 5.89. The first-order chi connectivity index (χ1) is 8.66. The van der Waals surface area contributed by atoms with Crippen LogP contribution in [0.15, 0.2) is 10.9 Å². The molecule has 7 nitrogen and oxygen atoms in total. The van der Waals surface area contributed by atoms with Gasteiger partial charge in [0.1, 0.15) is 23.6 Å². The summed E-state index contributed by atoms with van der Waals surface area (Å²) >= 11 is 0. The van der Waals surface area contributed by atoms with Gasteiger partial charge >= 0.3 is 5.97 Å². The minimum atomic E-state index is -0.863. The number of nitrogens with zero attached hydrogens (tertiary/aromatic N) is 3. The Labute approximate surface area is 102 Å². The lowest BCUT2D eigenvalue weighted by atomic mass is 10.2. The first-order valence-corrected chi connectivity index (χ1v) is 5.73. The molecule has 0 aliphatic heterocycles. The highest BCUT2D eigenvalue weighted by Crippen LogP contribution is 2.35. The molecule has 0 bridgehead atoms. The third-order valence-corrected chi connectivity index (χ3v) is 3.10. The van der Waals surface area contributed by atoms with Gasteiger partial charge in [0.15, 0.2) is 0 Å². The van der Waals surface area contributed by atoms with E-state index in [-0.39, 0.29) is 5.92 Å². The van der Waals surface area contributed by atoms with Crippen molar-refractivity contribution in [1.82, 2.24) is 15.1 Å². The standard InChI is InChI=1S/C11H12N4O3/c1-5-7-9(12-4-13-10(7)18-15-5)14-8(11(16)17)6-2-3-6/h4,6,8H,2-3H2,1H3,(H,16,17)(H,12,13,14). The number of aryl methyl sites for hydroxylation is 1. The number of anilines is 1. The number of carboxylic acid groups (broad SMARTS) is 1. The largest absolute Gasteiger partial charge is 0.480 e. The van der Waals surface area contributed by atoms with Crippen molar-refractivity contribution in [3.63, 3.8) is 0 Å². The highest BCUT2D eigenvalue weighted by Gasteiger charge is 2.37. The summed E-state index contributed by atoms with van der Waals surface area (Å²) in [4.78, 5) is 19.2. The number of rotatable bonds is 4. The number of aromatic nitrogens is 3.